The quantitative estimate of drug-likeness (QED) is 0.0276. The molecule has 0 aromatic heterocycles. The molecule has 0 radical (unpaired) electrons. The van der Waals surface area contributed by atoms with Crippen LogP contribution in [0, 0.1) is 6.92 Å². The van der Waals surface area contributed by atoms with E-state index in [9.17, 15) is 48.7 Å². The van der Waals surface area contributed by atoms with Crippen LogP contribution in [0.25, 0.3) is 21.5 Å². The summed E-state index contributed by atoms with van der Waals surface area (Å²) < 4.78 is 130. The van der Waals surface area contributed by atoms with E-state index in [1.54, 1.807) is 24.3 Å². The number of hydrogen-bond donors (Lipinski definition) is 0. The number of fused-ring (bicyclic) bond motifs is 6. The monoisotopic (exact) mass is 1110 g/mol. The molecule has 1 fully saturated rings. The van der Waals surface area contributed by atoms with Gasteiger partial charge in [0.1, 0.15) is 26.8 Å². The Morgan fingerprint density at radius 1 is 0.808 bits per heavy atom. The van der Waals surface area contributed by atoms with Gasteiger partial charge < -0.3 is 25.8 Å². The van der Waals surface area contributed by atoms with Gasteiger partial charge in [-0.25, -0.2) is 34.4 Å². The van der Waals surface area contributed by atoms with Gasteiger partial charge in [-0.3, -0.25) is 9.59 Å². The summed E-state index contributed by atoms with van der Waals surface area (Å²) in [5.41, 5.74) is 3.40. The van der Waals surface area contributed by atoms with Crippen molar-refractivity contribution < 1.29 is 159 Å². The Balaban J connectivity index is 0.00000194. The second-order valence-corrected chi connectivity index (χ2v) is 22.7. The third-order valence-electron chi connectivity index (χ3n) is 12.5. The van der Waals surface area contributed by atoms with E-state index >= 15 is 0 Å². The van der Waals surface area contributed by atoms with Gasteiger partial charge in [0.2, 0.25) is 15.7 Å². The number of anilines is 1. The average Bonchev–Trinajstić information content (AvgIpc) is 3.79. The van der Waals surface area contributed by atoms with Crippen LogP contribution in [0.2, 0.25) is 0 Å². The smallest absolute Gasteiger partial charge is 0.744 e. The molecule has 0 N–H and O–H groups in total. The van der Waals surface area contributed by atoms with Gasteiger partial charge in [0.15, 0.2) is 5.71 Å². The van der Waals surface area contributed by atoms with Crippen molar-refractivity contribution in [2.75, 3.05) is 31.6 Å². The number of hydroxylamine groups is 2. The van der Waals surface area contributed by atoms with Gasteiger partial charge in [-0.2, -0.15) is 4.58 Å². The zero-order chi connectivity index (χ0) is 51.9. The van der Waals surface area contributed by atoms with Crippen LogP contribution in [0.4, 0.5) is 11.4 Å². The van der Waals surface area contributed by atoms with Gasteiger partial charge in [0.05, 0.1) is 20.1 Å². The molecule has 1 saturated heterocycles. The standard InChI is InChI=1S/C47H52N4O12S3.3Na.O3S/c1-8-26-50-36-23-21-32-34(28-30(65(57,58)59)29-38(32)66(60,61)62)45(36)47(5,6)40(50)18-12-10-11-17-39-46(3,4)44-33-15-13-16-37(31(33)20-22-35(44)49(39)9-2)64(55,56)48(7)27-14-19-43(54)63-51-41(52)24-25-42(51)53;;;;1-4(2)3/h10-13,15-18,20-23,28-29H,1,8-9,14,19,24-27H2,2-7H3,(H,57,58,59)(H,60,61,62);;;;/q;3*+1;/p-2. The largest absolute Gasteiger partial charge is 1.00 e. The molecule has 0 atom stereocenters. The SMILES string of the molecule is O=S(=O)=O.[CH2-]CC[N+]1=C(C=CC=CC=C2N(CC)c3ccc4c(S(=O)(=O)N(C)CCCC(=O)ON5C(=O)CCC5=O)cccc4c3C2(C)C)C(C)(C)c2c1ccc1c(S(=O)(=O)[O-])cc(S(=O)(=O)[O-])cc21.[Na+].[Na+].[Na+]. The minimum Gasteiger partial charge on any atom is -0.744 e. The summed E-state index contributed by atoms with van der Waals surface area (Å²) in [5.74, 6) is -2.00. The van der Waals surface area contributed by atoms with Crippen molar-refractivity contribution in [3.8, 4) is 0 Å². The van der Waals surface area contributed by atoms with E-state index in [4.69, 9.17) is 17.5 Å². The van der Waals surface area contributed by atoms with Gasteiger partial charge in [0, 0.05) is 84.7 Å². The number of rotatable bonds is 15. The Morgan fingerprint density at radius 2 is 1.41 bits per heavy atom. The first-order valence-electron chi connectivity index (χ1n) is 21.8. The fourth-order valence-corrected chi connectivity index (χ4v) is 12.2. The van der Waals surface area contributed by atoms with Crippen LogP contribution in [0.5, 0.6) is 0 Å². The molecule has 4 aromatic rings. The number of allylic oxidation sites excluding steroid dienone is 6. The van der Waals surface area contributed by atoms with Crippen molar-refractivity contribution >= 4 is 97.3 Å². The number of sulfonamides is 1. The molecule has 374 valence electrons. The summed E-state index contributed by atoms with van der Waals surface area (Å²) in [4.78, 5) is 41.6. The molecule has 73 heavy (non-hydrogen) atoms. The molecular formula is C47H50N4Na3O15S4+. The fraction of sp³-hybridized carbons (Fsp3) is 0.340. The number of imide groups is 1. The maximum Gasteiger partial charge on any atom is 1.00 e. The minimum atomic E-state index is -5.16. The summed E-state index contributed by atoms with van der Waals surface area (Å²) in [5, 5.41) is 1.94. The van der Waals surface area contributed by atoms with Crippen molar-refractivity contribution in [2.24, 2.45) is 0 Å². The zero-order valence-corrected chi connectivity index (χ0v) is 51.3. The van der Waals surface area contributed by atoms with Gasteiger partial charge in [0.25, 0.3) is 11.8 Å². The molecule has 0 aliphatic carbocycles. The van der Waals surface area contributed by atoms with Crippen LogP contribution in [0.1, 0.15) is 77.8 Å². The van der Waals surface area contributed by atoms with Gasteiger partial charge in [-0.1, -0.05) is 50.3 Å². The topological polar surface area (TPSA) is 273 Å². The fourth-order valence-electron chi connectivity index (χ4n) is 9.44. The molecule has 3 aliphatic heterocycles. The van der Waals surface area contributed by atoms with E-state index < -0.39 is 79.3 Å². The second kappa shape index (κ2) is 25.0. The molecule has 0 saturated carbocycles. The van der Waals surface area contributed by atoms with E-state index in [2.05, 4.69) is 25.7 Å². The number of carbonyl (C=O) groups is 3. The zero-order valence-electron chi connectivity index (χ0n) is 42.0. The first kappa shape index (κ1) is 64.3. The van der Waals surface area contributed by atoms with E-state index in [0.29, 0.717) is 47.3 Å². The van der Waals surface area contributed by atoms with Gasteiger partial charge in [-0.15, -0.1) is 24.1 Å². The third kappa shape index (κ3) is 13.3. The van der Waals surface area contributed by atoms with E-state index in [-0.39, 0.29) is 137 Å². The molecule has 2 amide bonds. The summed E-state index contributed by atoms with van der Waals surface area (Å²) in [6.07, 6.45) is 9.83. The van der Waals surface area contributed by atoms with Crippen LogP contribution >= 0.6 is 0 Å². The van der Waals surface area contributed by atoms with Crippen LogP contribution in [-0.2, 0) is 70.9 Å². The van der Waals surface area contributed by atoms with Crippen LogP contribution < -0.4 is 93.6 Å². The normalized spacial score (nSPS) is 16.7. The summed E-state index contributed by atoms with van der Waals surface area (Å²) >= 11 is 0. The first-order valence-corrected chi connectivity index (χ1v) is 27.0. The van der Waals surface area contributed by atoms with Gasteiger partial charge >= 0.3 is 105 Å². The molecule has 26 heteroatoms. The van der Waals surface area contributed by atoms with Crippen LogP contribution in [0.15, 0.2) is 105 Å². The average molecular weight is 1110 g/mol. The van der Waals surface area contributed by atoms with E-state index in [1.807, 2.05) is 67.9 Å². The molecule has 0 spiro atoms. The summed E-state index contributed by atoms with van der Waals surface area (Å²) in [6, 6.07) is 13.8. The van der Waals surface area contributed by atoms with Crippen molar-refractivity contribution in [2.45, 2.75) is 92.2 Å². The number of likely N-dealkylation sites (N-methyl/N-ethyl adjacent to an activating group) is 1. The summed E-state index contributed by atoms with van der Waals surface area (Å²) in [6.45, 7) is 15.0. The molecule has 4 aromatic carbocycles. The van der Waals surface area contributed by atoms with Crippen molar-refractivity contribution in [1.29, 1.82) is 0 Å². The number of hydrogen-bond acceptors (Lipinski definition) is 16. The second-order valence-electron chi connectivity index (χ2n) is 17.6. The minimum absolute atomic E-state index is 0. The molecule has 19 nitrogen and oxygen atoms in total. The third-order valence-corrected chi connectivity index (χ3v) is 16.1. The number of amides is 2. The Morgan fingerprint density at radius 3 is 1.99 bits per heavy atom. The van der Waals surface area contributed by atoms with E-state index in [1.165, 1.54) is 17.4 Å². The number of carbonyl (C=O) groups excluding carboxylic acids is 3. The first-order chi connectivity index (χ1) is 32.6. The molecule has 7 rings (SSSR count). The molecule has 0 unspecified atom stereocenters. The molecular weight excluding hydrogens is 1060 g/mol. The maximum atomic E-state index is 14.0. The van der Waals surface area contributed by atoms with Crippen molar-refractivity contribution in [1.82, 2.24) is 9.37 Å². The Labute approximate surface area is 493 Å². The molecule has 3 heterocycles. The van der Waals surface area contributed by atoms with Crippen molar-refractivity contribution in [3.63, 3.8) is 0 Å². The van der Waals surface area contributed by atoms with E-state index in [0.717, 1.165) is 34.1 Å². The van der Waals surface area contributed by atoms with Crippen LogP contribution in [0.3, 0.4) is 0 Å². The number of nitrogens with zero attached hydrogens (tertiary/aromatic N) is 4. The van der Waals surface area contributed by atoms with Crippen LogP contribution in [-0.4, -0.2) is 111 Å². The summed E-state index contributed by atoms with van der Waals surface area (Å²) in [7, 11) is -16.0. The van der Waals surface area contributed by atoms with Crippen molar-refractivity contribution in [3.05, 3.63) is 109 Å². The molecule has 0 bridgehead atoms. The van der Waals surface area contributed by atoms with Gasteiger partial charge in [-0.05, 0) is 79.9 Å². The Kier molecular flexibility index (Phi) is 22.1. The predicted molar refractivity (Wildman–Crippen MR) is 255 cm³/mol. The Hall–Kier alpha value is -2.95. The Bertz CT molecular complexity index is 3450. The maximum absolute atomic E-state index is 14.0. The molecule has 3 aliphatic rings. The number of benzene rings is 4. The predicted octanol–water partition coefficient (Wildman–Crippen LogP) is -3.77.